The van der Waals surface area contributed by atoms with Crippen LogP contribution in [0.3, 0.4) is 0 Å². The first-order chi connectivity index (χ1) is 13.5. The number of carbonyl (C=O) groups excluding carboxylic acids is 2. The van der Waals surface area contributed by atoms with Crippen molar-refractivity contribution < 1.29 is 19.1 Å². The lowest BCUT2D eigenvalue weighted by molar-refractivity contribution is -0.124. The third kappa shape index (κ3) is 2.99. The third-order valence-corrected chi connectivity index (χ3v) is 6.49. The van der Waals surface area contributed by atoms with Gasteiger partial charge in [0.1, 0.15) is 11.4 Å². The topological polar surface area (TPSA) is 67.9 Å². The highest BCUT2D eigenvalue weighted by Crippen LogP contribution is 2.52. The molecule has 1 saturated heterocycles. The zero-order valence-corrected chi connectivity index (χ0v) is 16.8. The fourth-order valence-electron chi connectivity index (χ4n) is 3.71. The molecule has 2 aromatic carbocycles. The van der Waals surface area contributed by atoms with Crippen molar-refractivity contribution in [1.29, 1.82) is 0 Å². The minimum Gasteiger partial charge on any atom is -0.493 e. The Morgan fingerprint density at radius 1 is 1.18 bits per heavy atom. The van der Waals surface area contributed by atoms with Crippen LogP contribution in [-0.4, -0.2) is 42.7 Å². The van der Waals surface area contributed by atoms with E-state index in [-0.39, 0.29) is 17.2 Å². The van der Waals surface area contributed by atoms with E-state index in [4.69, 9.17) is 9.47 Å². The van der Waals surface area contributed by atoms with Gasteiger partial charge in [0.2, 0.25) is 5.91 Å². The number of hydrogen-bond donors (Lipinski definition) is 1. The fraction of sp³-hybridized carbons (Fsp3) is 0.333. The van der Waals surface area contributed by atoms with Crippen LogP contribution in [0.2, 0.25) is 0 Å². The number of thioether (sulfide) groups is 1. The predicted molar refractivity (Wildman–Crippen MR) is 108 cm³/mol. The van der Waals surface area contributed by atoms with E-state index in [1.807, 2.05) is 37.3 Å². The summed E-state index contributed by atoms with van der Waals surface area (Å²) in [6, 6.07) is 11.2. The quantitative estimate of drug-likeness (QED) is 0.839. The fourth-order valence-corrected chi connectivity index (χ4v) is 5.16. The smallest absolute Gasteiger partial charge is 0.260 e. The summed E-state index contributed by atoms with van der Waals surface area (Å²) in [6.45, 7) is 2.47. The van der Waals surface area contributed by atoms with E-state index in [0.717, 1.165) is 11.1 Å². The van der Waals surface area contributed by atoms with Gasteiger partial charge in [-0.05, 0) is 18.6 Å². The lowest BCUT2D eigenvalue weighted by atomic mass is 10.1. The Labute approximate surface area is 168 Å². The summed E-state index contributed by atoms with van der Waals surface area (Å²) in [5.41, 5.74) is 3.58. The Morgan fingerprint density at radius 3 is 2.61 bits per heavy atom. The normalized spacial score (nSPS) is 20.0. The molecule has 2 atom stereocenters. The van der Waals surface area contributed by atoms with Gasteiger partial charge in [0.25, 0.3) is 5.91 Å². The highest BCUT2D eigenvalue weighted by molar-refractivity contribution is 7.99. The molecule has 6 nitrogen and oxygen atoms in total. The van der Waals surface area contributed by atoms with E-state index in [1.165, 1.54) is 12.7 Å². The van der Waals surface area contributed by atoms with Gasteiger partial charge in [0.15, 0.2) is 11.5 Å². The van der Waals surface area contributed by atoms with E-state index in [9.17, 15) is 9.59 Å². The van der Waals surface area contributed by atoms with Gasteiger partial charge in [-0.15, -0.1) is 11.8 Å². The summed E-state index contributed by atoms with van der Waals surface area (Å²) in [7, 11) is 3.06. The third-order valence-electron chi connectivity index (χ3n) is 5.18. The van der Waals surface area contributed by atoms with Crippen LogP contribution in [0.15, 0.2) is 36.4 Å². The molecule has 0 saturated carbocycles. The van der Waals surface area contributed by atoms with E-state index >= 15 is 0 Å². The van der Waals surface area contributed by atoms with Crippen molar-refractivity contribution in [2.45, 2.75) is 24.9 Å². The maximum atomic E-state index is 13.1. The molecule has 7 heteroatoms. The van der Waals surface area contributed by atoms with Gasteiger partial charge in [-0.3, -0.25) is 9.59 Å². The molecule has 2 aliphatic heterocycles. The first-order valence-electron chi connectivity index (χ1n) is 9.07. The minimum absolute atomic E-state index is 0.136. The molecular weight excluding hydrogens is 376 g/mol. The van der Waals surface area contributed by atoms with Gasteiger partial charge in [-0.1, -0.05) is 35.9 Å². The van der Waals surface area contributed by atoms with Crippen LogP contribution < -0.4 is 14.8 Å². The summed E-state index contributed by atoms with van der Waals surface area (Å²) in [5.74, 6) is 1.20. The Balaban J connectivity index is 1.54. The number of fused-ring (bicyclic) bond motifs is 3. The number of nitrogens with one attached hydrogen (secondary N) is 1. The number of aryl methyl sites for hydroxylation is 1. The van der Waals surface area contributed by atoms with Crippen LogP contribution in [0.5, 0.6) is 11.5 Å². The number of amides is 2. The van der Waals surface area contributed by atoms with Gasteiger partial charge in [0.05, 0.1) is 19.8 Å². The second-order valence-electron chi connectivity index (χ2n) is 6.88. The number of ether oxygens (including phenoxy) is 2. The maximum absolute atomic E-state index is 13.1. The monoisotopic (exact) mass is 398 g/mol. The van der Waals surface area contributed by atoms with Gasteiger partial charge >= 0.3 is 0 Å². The number of carbonyl (C=O) groups is 2. The molecule has 0 bridgehead atoms. The van der Waals surface area contributed by atoms with Crippen LogP contribution in [0.1, 0.15) is 32.4 Å². The molecule has 1 N–H and O–H groups in total. The molecule has 28 heavy (non-hydrogen) atoms. The number of benzene rings is 2. The van der Waals surface area contributed by atoms with E-state index in [0.29, 0.717) is 29.4 Å². The standard InChI is InChI=1S/C21H22N2O4S/c1-12-4-6-13(7-5-12)10-22-19(24)15-11-28-21-14-8-9-16(26-2)18(27-3)17(14)20(25)23(15)21/h4-9,15,21H,10-11H2,1-3H3,(H,22,24)/t15-,21-/m0/s1. The highest BCUT2D eigenvalue weighted by atomic mass is 32.2. The molecule has 2 aliphatic rings. The molecule has 4 rings (SSSR count). The van der Waals surface area contributed by atoms with Crippen LogP contribution in [0.4, 0.5) is 0 Å². The van der Waals surface area contributed by atoms with Crippen LogP contribution in [-0.2, 0) is 11.3 Å². The average Bonchev–Trinajstić information content (AvgIpc) is 3.26. The largest absolute Gasteiger partial charge is 0.493 e. The van der Waals surface area contributed by atoms with Gasteiger partial charge in [-0.25, -0.2) is 0 Å². The first kappa shape index (κ1) is 18.7. The van der Waals surface area contributed by atoms with E-state index in [1.54, 1.807) is 29.8 Å². The highest BCUT2D eigenvalue weighted by Gasteiger charge is 2.50. The Hall–Kier alpha value is -2.67. The van der Waals surface area contributed by atoms with Crippen molar-refractivity contribution in [3.05, 3.63) is 58.7 Å². The lowest BCUT2D eigenvalue weighted by Gasteiger charge is -2.22. The van der Waals surface area contributed by atoms with Crippen LogP contribution in [0, 0.1) is 6.92 Å². The zero-order valence-electron chi connectivity index (χ0n) is 16.0. The molecule has 0 spiro atoms. The molecule has 0 aliphatic carbocycles. The molecule has 2 amide bonds. The van der Waals surface area contributed by atoms with Gasteiger partial charge < -0.3 is 19.7 Å². The lowest BCUT2D eigenvalue weighted by Crippen LogP contribution is -2.45. The number of rotatable bonds is 5. The molecule has 0 radical (unpaired) electrons. The zero-order chi connectivity index (χ0) is 19.8. The van der Waals surface area contributed by atoms with E-state index < -0.39 is 6.04 Å². The molecule has 1 fully saturated rings. The predicted octanol–water partition coefficient (Wildman–Crippen LogP) is 2.90. The summed E-state index contributed by atoms with van der Waals surface area (Å²) >= 11 is 1.60. The molecule has 2 aromatic rings. The van der Waals surface area contributed by atoms with Crippen molar-refractivity contribution in [3.63, 3.8) is 0 Å². The molecular formula is C21H22N2O4S. The van der Waals surface area contributed by atoms with Crippen LogP contribution in [0.25, 0.3) is 0 Å². The minimum atomic E-state index is -0.504. The summed E-state index contributed by atoms with van der Waals surface area (Å²) < 4.78 is 10.8. The van der Waals surface area contributed by atoms with Crippen molar-refractivity contribution in [1.82, 2.24) is 10.2 Å². The Morgan fingerprint density at radius 2 is 1.93 bits per heavy atom. The van der Waals surface area contributed by atoms with Gasteiger partial charge in [0, 0.05) is 17.9 Å². The Kier molecular flexibility index (Phi) is 4.93. The maximum Gasteiger partial charge on any atom is 0.260 e. The van der Waals surface area contributed by atoms with E-state index in [2.05, 4.69) is 5.32 Å². The average molecular weight is 398 g/mol. The number of hydrogen-bond acceptors (Lipinski definition) is 5. The van der Waals surface area contributed by atoms with Crippen LogP contribution >= 0.6 is 11.8 Å². The van der Waals surface area contributed by atoms with Crippen molar-refractivity contribution in [2.75, 3.05) is 20.0 Å². The first-order valence-corrected chi connectivity index (χ1v) is 10.1. The molecule has 0 unspecified atom stereocenters. The summed E-state index contributed by atoms with van der Waals surface area (Å²) in [4.78, 5) is 27.6. The van der Waals surface area contributed by atoms with Crippen molar-refractivity contribution in [3.8, 4) is 11.5 Å². The summed E-state index contributed by atoms with van der Waals surface area (Å²) in [5, 5.41) is 2.80. The molecule has 2 heterocycles. The number of methoxy groups -OCH3 is 2. The molecule has 0 aromatic heterocycles. The molecule has 146 valence electrons. The SMILES string of the molecule is COc1ccc2c(c1OC)C(=O)N1[C@H](C(=O)NCc3ccc(C)cc3)CS[C@@H]21. The second kappa shape index (κ2) is 7.39. The van der Waals surface area contributed by atoms with Crippen molar-refractivity contribution >= 4 is 23.6 Å². The number of nitrogens with zero attached hydrogens (tertiary/aromatic N) is 1. The van der Waals surface area contributed by atoms with Crippen molar-refractivity contribution in [2.24, 2.45) is 0 Å². The second-order valence-corrected chi connectivity index (χ2v) is 8.00. The van der Waals surface area contributed by atoms with Gasteiger partial charge in [-0.2, -0.15) is 0 Å². The summed E-state index contributed by atoms with van der Waals surface area (Å²) in [6.07, 6.45) is 0. The Bertz CT molecular complexity index is 929.